The van der Waals surface area contributed by atoms with Gasteiger partial charge in [0, 0.05) is 37.9 Å². The lowest BCUT2D eigenvalue weighted by Gasteiger charge is -2.33. The maximum absolute atomic E-state index is 12.7. The fraction of sp³-hybridized carbons (Fsp3) is 0.389. The first-order chi connectivity index (χ1) is 12.0. The topological polar surface area (TPSA) is 69.7 Å². The Morgan fingerprint density at radius 3 is 2.32 bits per heavy atom. The molecule has 2 rings (SSSR count). The number of piperazine rings is 1. The molecule has 136 valence electrons. The van der Waals surface area contributed by atoms with Gasteiger partial charge in [0.2, 0.25) is 15.9 Å². The molecule has 7 heteroatoms. The third-order valence-electron chi connectivity index (χ3n) is 4.09. The number of allylic oxidation sites excluding steroid dienone is 3. The zero-order valence-electron chi connectivity index (χ0n) is 14.7. The molecule has 1 aromatic rings. The molecule has 1 aliphatic rings. The molecule has 0 radical (unpaired) electrons. The number of amides is 1. The van der Waals surface area contributed by atoms with E-state index in [1.54, 1.807) is 24.3 Å². The molecule has 1 aromatic carbocycles. The Kier molecular flexibility index (Phi) is 6.92. The summed E-state index contributed by atoms with van der Waals surface area (Å²) in [5.41, 5.74) is 0.560. The van der Waals surface area contributed by atoms with E-state index in [1.807, 2.05) is 13.0 Å². The minimum absolute atomic E-state index is 0.250. The van der Waals surface area contributed by atoms with Gasteiger partial charge in [-0.15, -0.1) is 0 Å². The average molecular weight is 363 g/mol. The predicted molar refractivity (Wildman–Crippen MR) is 99.9 cm³/mol. The van der Waals surface area contributed by atoms with Crippen LogP contribution in [0.1, 0.15) is 13.8 Å². The summed E-state index contributed by atoms with van der Waals surface area (Å²) < 4.78 is 26.9. The number of hydrogen-bond donors (Lipinski definition) is 1. The molecule has 0 bridgehead atoms. The second-order valence-corrected chi connectivity index (χ2v) is 7.67. The number of nitrogens with zero attached hydrogens (tertiary/aromatic N) is 2. The van der Waals surface area contributed by atoms with Crippen LogP contribution in [0.5, 0.6) is 0 Å². The van der Waals surface area contributed by atoms with Gasteiger partial charge in [0.1, 0.15) is 0 Å². The molecule has 0 aliphatic carbocycles. The Morgan fingerprint density at radius 2 is 1.76 bits per heavy atom. The van der Waals surface area contributed by atoms with E-state index >= 15 is 0 Å². The van der Waals surface area contributed by atoms with Gasteiger partial charge in [-0.1, -0.05) is 25.2 Å². The number of likely N-dealkylation sites (N-methyl/N-ethyl adjacent to an activating group) is 1. The van der Waals surface area contributed by atoms with Crippen molar-refractivity contribution in [1.82, 2.24) is 9.21 Å². The van der Waals surface area contributed by atoms with Gasteiger partial charge in [-0.2, -0.15) is 4.31 Å². The van der Waals surface area contributed by atoms with Gasteiger partial charge < -0.3 is 10.2 Å². The molecule has 0 atom stereocenters. The third kappa shape index (κ3) is 5.26. The van der Waals surface area contributed by atoms with Crippen LogP contribution in [0.4, 0.5) is 5.69 Å². The summed E-state index contributed by atoms with van der Waals surface area (Å²) in [5.74, 6) is -0.260. The second kappa shape index (κ2) is 8.94. The van der Waals surface area contributed by atoms with Crippen molar-refractivity contribution in [3.05, 3.63) is 48.6 Å². The van der Waals surface area contributed by atoms with E-state index in [0.29, 0.717) is 18.8 Å². The number of carbonyl (C=O) groups is 1. The summed E-state index contributed by atoms with van der Waals surface area (Å²) >= 11 is 0. The Labute approximate surface area is 149 Å². The van der Waals surface area contributed by atoms with E-state index in [-0.39, 0.29) is 10.8 Å². The molecule has 0 spiro atoms. The number of rotatable bonds is 6. The molecule has 1 fully saturated rings. The number of sulfonamides is 1. The normalized spacial score (nSPS) is 17.4. The van der Waals surface area contributed by atoms with Crippen molar-refractivity contribution in [2.45, 2.75) is 18.7 Å². The Balaban J connectivity index is 2.02. The maximum atomic E-state index is 12.7. The highest BCUT2D eigenvalue weighted by Gasteiger charge is 2.27. The number of hydrogen-bond acceptors (Lipinski definition) is 4. The van der Waals surface area contributed by atoms with E-state index in [1.165, 1.54) is 22.5 Å². The van der Waals surface area contributed by atoms with E-state index in [0.717, 1.165) is 19.6 Å². The maximum Gasteiger partial charge on any atom is 0.248 e. The highest BCUT2D eigenvalue weighted by molar-refractivity contribution is 7.89. The minimum atomic E-state index is -3.49. The van der Waals surface area contributed by atoms with Crippen LogP contribution in [0.25, 0.3) is 0 Å². The standard InChI is InChI=1S/C18H25N3O3S/c1-3-5-6-7-18(22)19-16-8-10-17(11-9-16)25(23,24)21-14-12-20(4-2)13-15-21/h3,5-11H,4,12-15H2,1-2H3,(H,19,22)/b5-3+,7-6+. The summed E-state index contributed by atoms with van der Waals surface area (Å²) in [5, 5.41) is 2.70. The van der Waals surface area contributed by atoms with E-state index in [2.05, 4.69) is 17.1 Å². The van der Waals surface area contributed by atoms with Crippen molar-refractivity contribution in [1.29, 1.82) is 0 Å². The van der Waals surface area contributed by atoms with Crippen molar-refractivity contribution in [2.24, 2.45) is 0 Å². The molecule has 0 saturated carbocycles. The number of nitrogens with one attached hydrogen (secondary N) is 1. The quantitative estimate of drug-likeness (QED) is 0.621. The molecule has 1 N–H and O–H groups in total. The van der Waals surface area contributed by atoms with Gasteiger partial charge in [0.05, 0.1) is 4.90 Å². The second-order valence-electron chi connectivity index (χ2n) is 5.74. The van der Waals surface area contributed by atoms with E-state index < -0.39 is 10.0 Å². The summed E-state index contributed by atoms with van der Waals surface area (Å²) in [7, 11) is -3.49. The molecule has 1 saturated heterocycles. The lowest BCUT2D eigenvalue weighted by molar-refractivity contribution is -0.111. The van der Waals surface area contributed by atoms with Gasteiger partial charge in [-0.25, -0.2) is 8.42 Å². The van der Waals surface area contributed by atoms with Crippen LogP contribution in [0.2, 0.25) is 0 Å². The van der Waals surface area contributed by atoms with Crippen LogP contribution >= 0.6 is 0 Å². The summed E-state index contributed by atoms with van der Waals surface area (Å²) in [4.78, 5) is 14.2. The van der Waals surface area contributed by atoms with Crippen molar-refractivity contribution in [3.8, 4) is 0 Å². The molecular weight excluding hydrogens is 338 g/mol. The first-order valence-electron chi connectivity index (χ1n) is 8.40. The van der Waals surface area contributed by atoms with Crippen molar-refractivity contribution in [3.63, 3.8) is 0 Å². The van der Waals surface area contributed by atoms with E-state index in [4.69, 9.17) is 0 Å². The Hall–Kier alpha value is -1.96. The molecule has 6 nitrogen and oxygen atoms in total. The Bertz CT molecular complexity index is 731. The zero-order valence-corrected chi connectivity index (χ0v) is 15.5. The van der Waals surface area contributed by atoms with Crippen LogP contribution in [-0.4, -0.2) is 56.3 Å². The molecule has 1 aliphatic heterocycles. The molecular formula is C18H25N3O3S. The minimum Gasteiger partial charge on any atom is -0.323 e. The fourth-order valence-corrected chi connectivity index (χ4v) is 4.01. The zero-order chi connectivity index (χ0) is 18.3. The molecule has 25 heavy (non-hydrogen) atoms. The van der Waals surface area contributed by atoms with Gasteiger partial charge in [-0.3, -0.25) is 4.79 Å². The van der Waals surface area contributed by atoms with Gasteiger partial charge >= 0.3 is 0 Å². The lowest BCUT2D eigenvalue weighted by Crippen LogP contribution is -2.48. The van der Waals surface area contributed by atoms with Crippen molar-refractivity contribution < 1.29 is 13.2 Å². The van der Waals surface area contributed by atoms with Crippen LogP contribution in [0, 0.1) is 0 Å². The molecule has 0 unspecified atom stereocenters. The van der Waals surface area contributed by atoms with Crippen LogP contribution in [0.3, 0.4) is 0 Å². The monoisotopic (exact) mass is 363 g/mol. The van der Waals surface area contributed by atoms with Crippen molar-refractivity contribution >= 4 is 21.6 Å². The lowest BCUT2D eigenvalue weighted by atomic mass is 10.3. The van der Waals surface area contributed by atoms with Crippen molar-refractivity contribution in [2.75, 3.05) is 38.0 Å². The van der Waals surface area contributed by atoms with Gasteiger partial charge in [0.25, 0.3) is 0 Å². The third-order valence-corrected chi connectivity index (χ3v) is 6.00. The smallest absolute Gasteiger partial charge is 0.248 e. The first-order valence-corrected chi connectivity index (χ1v) is 9.84. The molecule has 1 heterocycles. The predicted octanol–water partition coefficient (Wildman–Crippen LogP) is 2.08. The van der Waals surface area contributed by atoms with Gasteiger partial charge in [0.15, 0.2) is 0 Å². The highest BCUT2D eigenvalue weighted by Crippen LogP contribution is 2.19. The summed E-state index contributed by atoms with van der Waals surface area (Å²) in [6.45, 7) is 7.39. The Morgan fingerprint density at radius 1 is 1.12 bits per heavy atom. The van der Waals surface area contributed by atoms with Gasteiger partial charge in [-0.05, 0) is 37.7 Å². The number of carbonyl (C=O) groups excluding carboxylic acids is 1. The fourth-order valence-electron chi connectivity index (χ4n) is 2.58. The van der Waals surface area contributed by atoms with E-state index in [9.17, 15) is 13.2 Å². The summed E-state index contributed by atoms with van der Waals surface area (Å²) in [6.07, 6.45) is 6.64. The SMILES string of the molecule is C/C=C/C=C/C(=O)Nc1ccc(S(=O)(=O)N2CCN(CC)CC2)cc1. The first kappa shape index (κ1) is 19.4. The largest absolute Gasteiger partial charge is 0.323 e. The van der Waals surface area contributed by atoms with Crippen LogP contribution in [-0.2, 0) is 14.8 Å². The molecule has 1 amide bonds. The summed E-state index contributed by atoms with van der Waals surface area (Å²) in [6, 6.07) is 6.28. The van der Waals surface area contributed by atoms with Crippen LogP contribution in [0.15, 0.2) is 53.5 Å². The number of anilines is 1. The van der Waals surface area contributed by atoms with Crippen LogP contribution < -0.4 is 5.32 Å². The average Bonchev–Trinajstić information content (AvgIpc) is 2.62. The molecule has 0 aromatic heterocycles. The highest BCUT2D eigenvalue weighted by atomic mass is 32.2. The number of benzene rings is 1.